The number of hydrogen-bond donors (Lipinski definition) is 1. The zero-order valence-corrected chi connectivity index (χ0v) is 18.5. The highest BCUT2D eigenvalue weighted by Gasteiger charge is 2.28. The van der Waals surface area contributed by atoms with Crippen LogP contribution in [0.25, 0.3) is 5.95 Å². The van der Waals surface area contributed by atoms with Crippen LogP contribution in [0.1, 0.15) is 44.9 Å². The first-order valence-corrected chi connectivity index (χ1v) is 10.9. The molecule has 7 heteroatoms. The third-order valence-corrected chi connectivity index (χ3v) is 5.60. The summed E-state index contributed by atoms with van der Waals surface area (Å²) >= 11 is 0. The molecule has 0 radical (unpaired) electrons. The van der Waals surface area contributed by atoms with Crippen molar-refractivity contribution in [3.05, 3.63) is 66.1 Å². The van der Waals surface area contributed by atoms with Crippen molar-refractivity contribution in [3.63, 3.8) is 0 Å². The highest BCUT2D eigenvalue weighted by Crippen LogP contribution is 2.26. The van der Waals surface area contributed by atoms with Crippen molar-refractivity contribution in [2.45, 2.75) is 45.6 Å². The van der Waals surface area contributed by atoms with Crippen LogP contribution in [-0.2, 0) is 16.8 Å². The summed E-state index contributed by atoms with van der Waals surface area (Å²) in [4.78, 5) is 24.2. The van der Waals surface area contributed by atoms with E-state index in [1.165, 1.54) is 5.56 Å². The van der Waals surface area contributed by atoms with Crippen molar-refractivity contribution in [1.82, 2.24) is 24.6 Å². The fourth-order valence-electron chi connectivity index (χ4n) is 3.87. The SMILES string of the molecule is CC(C)(C)c1cc(NC(=O)C2CCCN(Cc3ccccc3)C2)n(-c2ncccn2)n1. The zero-order valence-electron chi connectivity index (χ0n) is 18.5. The molecule has 3 heterocycles. The number of nitrogens with zero attached hydrogens (tertiary/aromatic N) is 5. The van der Waals surface area contributed by atoms with Gasteiger partial charge in [-0.15, -0.1) is 0 Å². The van der Waals surface area contributed by atoms with Crippen molar-refractivity contribution in [2.75, 3.05) is 18.4 Å². The van der Waals surface area contributed by atoms with Gasteiger partial charge in [0, 0.05) is 37.0 Å². The molecule has 1 amide bonds. The van der Waals surface area contributed by atoms with Gasteiger partial charge in [-0.05, 0) is 31.0 Å². The summed E-state index contributed by atoms with van der Waals surface area (Å²) in [5, 5.41) is 7.80. The average molecular weight is 419 g/mol. The zero-order chi connectivity index (χ0) is 21.8. The first-order valence-electron chi connectivity index (χ1n) is 10.9. The van der Waals surface area contributed by atoms with E-state index in [4.69, 9.17) is 0 Å². The van der Waals surface area contributed by atoms with E-state index in [1.807, 2.05) is 12.1 Å². The monoisotopic (exact) mass is 418 g/mol. The molecule has 1 unspecified atom stereocenters. The number of nitrogens with one attached hydrogen (secondary N) is 1. The number of aromatic nitrogens is 4. The molecule has 1 N–H and O–H groups in total. The number of carbonyl (C=O) groups excluding carboxylic acids is 1. The lowest BCUT2D eigenvalue weighted by Crippen LogP contribution is -2.40. The Balaban J connectivity index is 1.50. The standard InChI is InChI=1S/C24H30N6O/c1-24(2,3)20-15-21(30(28-20)23-25-12-8-13-26-23)27-22(31)19-11-7-14-29(17-19)16-18-9-5-4-6-10-18/h4-6,8-10,12-13,15,19H,7,11,14,16-17H2,1-3H3,(H,27,31). The van der Waals surface area contributed by atoms with Crippen LogP contribution in [0.4, 0.5) is 5.82 Å². The Kier molecular flexibility index (Phi) is 6.13. The first-order chi connectivity index (χ1) is 14.9. The Morgan fingerprint density at radius 1 is 1.13 bits per heavy atom. The molecule has 1 aromatic carbocycles. The van der Waals surface area contributed by atoms with Gasteiger partial charge in [0.25, 0.3) is 5.95 Å². The molecule has 1 atom stereocenters. The summed E-state index contributed by atoms with van der Waals surface area (Å²) < 4.78 is 1.63. The van der Waals surface area contributed by atoms with Gasteiger partial charge in [-0.2, -0.15) is 9.78 Å². The lowest BCUT2D eigenvalue weighted by molar-refractivity contribution is -0.121. The summed E-state index contributed by atoms with van der Waals surface area (Å²) in [7, 11) is 0. The molecule has 1 aliphatic heterocycles. The minimum absolute atomic E-state index is 0.0234. The number of amides is 1. The van der Waals surface area contributed by atoms with Gasteiger partial charge in [0.2, 0.25) is 5.91 Å². The van der Waals surface area contributed by atoms with Crippen LogP contribution in [0.3, 0.4) is 0 Å². The van der Waals surface area contributed by atoms with Crippen molar-refractivity contribution < 1.29 is 4.79 Å². The maximum atomic E-state index is 13.2. The van der Waals surface area contributed by atoms with Crippen LogP contribution >= 0.6 is 0 Å². The molecule has 0 bridgehead atoms. The number of piperidine rings is 1. The predicted molar refractivity (Wildman–Crippen MR) is 121 cm³/mol. The van der Waals surface area contributed by atoms with E-state index in [-0.39, 0.29) is 17.2 Å². The number of rotatable bonds is 5. The molecule has 162 valence electrons. The normalized spacial score (nSPS) is 17.5. The summed E-state index contributed by atoms with van der Waals surface area (Å²) in [6.45, 7) is 8.93. The molecular weight excluding hydrogens is 388 g/mol. The van der Waals surface area contributed by atoms with E-state index in [0.717, 1.165) is 38.2 Å². The molecule has 1 saturated heterocycles. The fourth-order valence-corrected chi connectivity index (χ4v) is 3.87. The molecule has 4 rings (SSSR count). The number of hydrogen-bond acceptors (Lipinski definition) is 5. The van der Waals surface area contributed by atoms with Crippen LogP contribution in [0.15, 0.2) is 54.9 Å². The maximum Gasteiger partial charge on any atom is 0.252 e. The van der Waals surface area contributed by atoms with Gasteiger partial charge in [0.05, 0.1) is 11.6 Å². The van der Waals surface area contributed by atoms with E-state index in [1.54, 1.807) is 23.1 Å². The minimum Gasteiger partial charge on any atom is -0.310 e. The largest absolute Gasteiger partial charge is 0.310 e. The van der Waals surface area contributed by atoms with Gasteiger partial charge in [-0.25, -0.2) is 9.97 Å². The van der Waals surface area contributed by atoms with Gasteiger partial charge in [0.1, 0.15) is 5.82 Å². The number of benzene rings is 1. The van der Waals surface area contributed by atoms with Crippen LogP contribution in [-0.4, -0.2) is 43.6 Å². The topological polar surface area (TPSA) is 75.9 Å². The number of likely N-dealkylation sites (tertiary alicyclic amines) is 1. The van der Waals surface area contributed by atoms with Gasteiger partial charge in [0.15, 0.2) is 0 Å². The Hall–Kier alpha value is -3.06. The summed E-state index contributed by atoms with van der Waals surface area (Å²) in [5.74, 6) is 1.02. The second kappa shape index (κ2) is 8.98. The third-order valence-electron chi connectivity index (χ3n) is 5.60. The van der Waals surface area contributed by atoms with Gasteiger partial charge < -0.3 is 5.32 Å². The van der Waals surface area contributed by atoms with Gasteiger partial charge in [-0.3, -0.25) is 9.69 Å². The Morgan fingerprint density at radius 2 is 1.87 bits per heavy atom. The van der Waals surface area contributed by atoms with Gasteiger partial charge in [-0.1, -0.05) is 51.1 Å². The molecule has 1 aliphatic rings. The van der Waals surface area contributed by atoms with E-state index < -0.39 is 0 Å². The van der Waals surface area contributed by atoms with Crippen molar-refractivity contribution in [1.29, 1.82) is 0 Å². The van der Waals surface area contributed by atoms with E-state index >= 15 is 0 Å². The minimum atomic E-state index is -0.156. The summed E-state index contributed by atoms with van der Waals surface area (Å²) in [6.07, 6.45) is 5.25. The van der Waals surface area contributed by atoms with Crippen molar-refractivity contribution in [2.24, 2.45) is 5.92 Å². The first kappa shape index (κ1) is 21.2. The molecule has 7 nitrogen and oxygen atoms in total. The lowest BCUT2D eigenvalue weighted by atomic mass is 9.92. The second-order valence-electron chi connectivity index (χ2n) is 9.17. The molecular formula is C24H30N6O. The molecule has 3 aromatic rings. The highest BCUT2D eigenvalue weighted by atomic mass is 16.2. The van der Waals surface area contributed by atoms with E-state index in [0.29, 0.717) is 11.8 Å². The fraction of sp³-hybridized carbons (Fsp3) is 0.417. The summed E-state index contributed by atoms with van der Waals surface area (Å²) in [5.41, 5.74) is 2.00. The molecule has 1 fully saturated rings. The molecule has 31 heavy (non-hydrogen) atoms. The van der Waals surface area contributed by atoms with Crippen molar-refractivity contribution in [3.8, 4) is 5.95 Å². The summed E-state index contributed by atoms with van der Waals surface area (Å²) in [6, 6.07) is 14.1. The Bertz CT molecular complexity index is 1010. The highest BCUT2D eigenvalue weighted by molar-refractivity contribution is 5.92. The predicted octanol–water partition coefficient (Wildman–Crippen LogP) is 3.81. The van der Waals surface area contributed by atoms with Crippen LogP contribution < -0.4 is 5.32 Å². The Labute approximate surface area is 183 Å². The Morgan fingerprint density at radius 3 is 2.58 bits per heavy atom. The van der Waals surface area contributed by atoms with Crippen molar-refractivity contribution >= 4 is 11.7 Å². The second-order valence-corrected chi connectivity index (χ2v) is 9.17. The number of carbonyl (C=O) groups is 1. The van der Waals surface area contributed by atoms with Gasteiger partial charge >= 0.3 is 0 Å². The third kappa shape index (κ3) is 5.17. The van der Waals surface area contributed by atoms with E-state index in [9.17, 15) is 4.79 Å². The molecule has 0 saturated carbocycles. The molecule has 0 spiro atoms. The number of anilines is 1. The average Bonchev–Trinajstić information content (AvgIpc) is 3.20. The van der Waals surface area contributed by atoms with Crippen LogP contribution in [0.5, 0.6) is 0 Å². The van der Waals surface area contributed by atoms with Crippen LogP contribution in [0, 0.1) is 5.92 Å². The lowest BCUT2D eigenvalue weighted by Gasteiger charge is -2.32. The maximum absolute atomic E-state index is 13.2. The molecule has 2 aromatic heterocycles. The van der Waals surface area contributed by atoms with E-state index in [2.05, 4.69) is 70.3 Å². The smallest absolute Gasteiger partial charge is 0.252 e. The quantitative estimate of drug-likeness (QED) is 0.682. The molecule has 0 aliphatic carbocycles. The van der Waals surface area contributed by atoms with Crippen LogP contribution in [0.2, 0.25) is 0 Å².